The summed E-state index contributed by atoms with van der Waals surface area (Å²) in [5, 5.41) is 8.90. The monoisotopic (exact) mass is 339 g/mol. The summed E-state index contributed by atoms with van der Waals surface area (Å²) in [6.07, 6.45) is 3.67. The lowest BCUT2D eigenvalue weighted by Crippen LogP contribution is -1.95. The van der Waals surface area contributed by atoms with Gasteiger partial charge in [0.15, 0.2) is 0 Å². The first-order valence-corrected chi connectivity index (χ1v) is 9.39. The van der Waals surface area contributed by atoms with Gasteiger partial charge in [0.2, 0.25) is 0 Å². The van der Waals surface area contributed by atoms with E-state index in [1.807, 2.05) is 24.3 Å². The van der Waals surface area contributed by atoms with Crippen LogP contribution >= 0.6 is 0 Å². The van der Waals surface area contributed by atoms with E-state index in [1.54, 1.807) is 0 Å². The van der Waals surface area contributed by atoms with Gasteiger partial charge in [-0.3, -0.25) is 0 Å². The van der Waals surface area contributed by atoms with Gasteiger partial charge >= 0.3 is 0 Å². The van der Waals surface area contributed by atoms with Crippen molar-refractivity contribution in [3.8, 4) is 28.3 Å². The number of benzene rings is 3. The molecule has 0 N–H and O–H groups in total. The Morgan fingerprint density at radius 3 is 1.58 bits per heavy atom. The molecule has 3 aromatic rings. The summed E-state index contributed by atoms with van der Waals surface area (Å²) >= 11 is 0. The van der Waals surface area contributed by atoms with Crippen molar-refractivity contribution in [1.29, 1.82) is 5.26 Å². The zero-order valence-corrected chi connectivity index (χ0v) is 15.6. The molecule has 0 spiro atoms. The Hall–Kier alpha value is -2.85. The Bertz CT molecular complexity index is 865. The molecule has 3 aromatic carbocycles. The summed E-state index contributed by atoms with van der Waals surface area (Å²) in [7, 11) is 0. The van der Waals surface area contributed by atoms with Crippen LogP contribution in [-0.2, 0) is 6.42 Å². The Balaban J connectivity index is 1.70. The number of aryl methyl sites for hydroxylation is 1. The molecule has 0 aromatic heterocycles. The van der Waals surface area contributed by atoms with Gasteiger partial charge in [0, 0.05) is 0 Å². The van der Waals surface area contributed by atoms with E-state index in [2.05, 4.69) is 68.4 Å². The molecule has 1 unspecified atom stereocenters. The Kier molecular flexibility index (Phi) is 5.87. The predicted octanol–water partition coefficient (Wildman–Crippen LogP) is 6.87. The van der Waals surface area contributed by atoms with Crippen molar-refractivity contribution in [2.75, 3.05) is 0 Å². The third-order valence-electron chi connectivity index (χ3n) is 5.14. The minimum Gasteiger partial charge on any atom is -0.192 e. The van der Waals surface area contributed by atoms with Crippen molar-refractivity contribution in [2.45, 2.75) is 33.1 Å². The van der Waals surface area contributed by atoms with Gasteiger partial charge in [0.05, 0.1) is 11.6 Å². The second-order valence-electron chi connectivity index (χ2n) is 7.02. The standard InChI is InChI=1S/C25H25N/c1-3-19(2)4-5-20-6-10-22(11-7-20)24-14-16-25(17-15-24)23-12-8-21(18-26)9-13-23/h6-17,19H,3-5H2,1-2H3. The molecule has 0 aliphatic heterocycles. The van der Waals surface area contributed by atoms with Crippen LogP contribution in [-0.4, -0.2) is 0 Å². The first-order valence-electron chi connectivity index (χ1n) is 9.39. The average Bonchev–Trinajstić information content (AvgIpc) is 2.72. The number of hydrogen-bond donors (Lipinski definition) is 0. The van der Waals surface area contributed by atoms with E-state index in [1.165, 1.54) is 35.1 Å². The van der Waals surface area contributed by atoms with Crippen LogP contribution in [0, 0.1) is 17.2 Å². The zero-order valence-electron chi connectivity index (χ0n) is 15.6. The lowest BCUT2D eigenvalue weighted by molar-refractivity contribution is 0.516. The van der Waals surface area contributed by atoms with E-state index in [9.17, 15) is 0 Å². The molecule has 0 fully saturated rings. The predicted molar refractivity (Wildman–Crippen MR) is 110 cm³/mol. The first kappa shape index (κ1) is 18.0. The van der Waals surface area contributed by atoms with Gasteiger partial charge in [0.1, 0.15) is 0 Å². The highest BCUT2D eigenvalue weighted by Crippen LogP contribution is 2.26. The number of nitrogens with zero attached hydrogens (tertiary/aromatic N) is 1. The molecule has 0 amide bonds. The van der Waals surface area contributed by atoms with Crippen molar-refractivity contribution in [1.82, 2.24) is 0 Å². The van der Waals surface area contributed by atoms with Gasteiger partial charge in [-0.2, -0.15) is 5.26 Å². The van der Waals surface area contributed by atoms with Crippen molar-refractivity contribution in [3.05, 3.63) is 83.9 Å². The van der Waals surface area contributed by atoms with Crippen molar-refractivity contribution < 1.29 is 0 Å². The normalized spacial score (nSPS) is 11.7. The zero-order chi connectivity index (χ0) is 18.4. The minimum absolute atomic E-state index is 0.693. The maximum absolute atomic E-state index is 8.90. The van der Waals surface area contributed by atoms with E-state index in [-0.39, 0.29) is 0 Å². The van der Waals surface area contributed by atoms with Crippen LogP contribution in [0.3, 0.4) is 0 Å². The molecule has 1 nitrogen and oxygen atoms in total. The fourth-order valence-electron chi connectivity index (χ4n) is 3.07. The highest BCUT2D eigenvalue weighted by molar-refractivity contribution is 5.70. The number of nitriles is 1. The molecule has 1 atom stereocenters. The summed E-state index contributed by atoms with van der Waals surface area (Å²) in [4.78, 5) is 0. The van der Waals surface area contributed by atoms with Crippen LogP contribution in [0.4, 0.5) is 0 Å². The van der Waals surface area contributed by atoms with Crippen LogP contribution in [0.15, 0.2) is 72.8 Å². The topological polar surface area (TPSA) is 23.8 Å². The fraction of sp³-hybridized carbons (Fsp3) is 0.240. The molecular formula is C25H25N. The third kappa shape index (κ3) is 4.41. The van der Waals surface area contributed by atoms with Crippen molar-refractivity contribution >= 4 is 0 Å². The maximum atomic E-state index is 8.90. The van der Waals surface area contributed by atoms with E-state index in [0.29, 0.717) is 5.56 Å². The Morgan fingerprint density at radius 1 is 0.731 bits per heavy atom. The second-order valence-corrected chi connectivity index (χ2v) is 7.02. The van der Waals surface area contributed by atoms with Gasteiger partial charge in [0.25, 0.3) is 0 Å². The first-order chi connectivity index (χ1) is 12.7. The van der Waals surface area contributed by atoms with Crippen LogP contribution in [0.1, 0.15) is 37.8 Å². The van der Waals surface area contributed by atoms with Gasteiger partial charge in [-0.05, 0) is 58.7 Å². The largest absolute Gasteiger partial charge is 0.192 e. The van der Waals surface area contributed by atoms with E-state index in [0.717, 1.165) is 17.9 Å². The summed E-state index contributed by atoms with van der Waals surface area (Å²) in [5.74, 6) is 0.796. The number of hydrogen-bond acceptors (Lipinski definition) is 1. The second kappa shape index (κ2) is 8.50. The molecule has 1 heteroatoms. The van der Waals surface area contributed by atoms with E-state index in [4.69, 9.17) is 5.26 Å². The molecule has 130 valence electrons. The quantitative estimate of drug-likeness (QED) is 0.480. The average molecular weight is 339 g/mol. The van der Waals surface area contributed by atoms with Gasteiger partial charge in [-0.15, -0.1) is 0 Å². The molecule has 0 saturated heterocycles. The van der Waals surface area contributed by atoms with Crippen molar-refractivity contribution in [2.24, 2.45) is 5.92 Å². The van der Waals surface area contributed by atoms with Gasteiger partial charge in [-0.1, -0.05) is 80.9 Å². The van der Waals surface area contributed by atoms with E-state index < -0.39 is 0 Å². The van der Waals surface area contributed by atoms with Crippen molar-refractivity contribution in [3.63, 3.8) is 0 Å². The third-order valence-corrected chi connectivity index (χ3v) is 5.14. The fourth-order valence-corrected chi connectivity index (χ4v) is 3.07. The van der Waals surface area contributed by atoms with Crippen LogP contribution in [0.25, 0.3) is 22.3 Å². The highest BCUT2D eigenvalue weighted by Gasteiger charge is 2.03. The molecular weight excluding hydrogens is 314 g/mol. The molecule has 0 radical (unpaired) electrons. The molecule has 26 heavy (non-hydrogen) atoms. The lowest BCUT2D eigenvalue weighted by atomic mass is 9.96. The lowest BCUT2D eigenvalue weighted by Gasteiger charge is -2.09. The molecule has 0 bridgehead atoms. The minimum atomic E-state index is 0.693. The maximum Gasteiger partial charge on any atom is 0.0991 e. The number of rotatable bonds is 6. The Morgan fingerprint density at radius 2 is 1.15 bits per heavy atom. The van der Waals surface area contributed by atoms with Crippen LogP contribution < -0.4 is 0 Å². The Labute approximate surface area is 156 Å². The van der Waals surface area contributed by atoms with Gasteiger partial charge < -0.3 is 0 Å². The summed E-state index contributed by atoms with van der Waals surface area (Å²) in [6, 6.07) is 27.5. The highest BCUT2D eigenvalue weighted by atomic mass is 14.2. The molecule has 0 aliphatic carbocycles. The SMILES string of the molecule is CCC(C)CCc1ccc(-c2ccc(-c3ccc(C#N)cc3)cc2)cc1. The van der Waals surface area contributed by atoms with Gasteiger partial charge in [-0.25, -0.2) is 0 Å². The molecule has 0 heterocycles. The summed E-state index contributed by atoms with van der Waals surface area (Å²) in [6.45, 7) is 4.58. The molecule has 0 aliphatic rings. The molecule has 0 saturated carbocycles. The van der Waals surface area contributed by atoms with E-state index >= 15 is 0 Å². The smallest absolute Gasteiger partial charge is 0.0991 e. The summed E-state index contributed by atoms with van der Waals surface area (Å²) in [5.41, 5.74) is 6.90. The van der Waals surface area contributed by atoms with Crippen LogP contribution in [0.2, 0.25) is 0 Å². The molecule has 3 rings (SSSR count). The summed E-state index contributed by atoms with van der Waals surface area (Å²) < 4.78 is 0. The van der Waals surface area contributed by atoms with Crippen LogP contribution in [0.5, 0.6) is 0 Å².